The summed E-state index contributed by atoms with van der Waals surface area (Å²) in [6.07, 6.45) is 0. The number of rotatable bonds is 4. The van der Waals surface area contributed by atoms with Gasteiger partial charge in [-0.1, -0.05) is 17.7 Å². The first-order valence-electron chi connectivity index (χ1n) is 7.90. The molecule has 0 saturated carbocycles. The summed E-state index contributed by atoms with van der Waals surface area (Å²) < 4.78 is 5.17. The quantitative estimate of drug-likeness (QED) is 0.512. The van der Waals surface area contributed by atoms with Crippen LogP contribution in [0, 0.1) is 6.92 Å². The minimum Gasteiger partial charge on any atom is -0.425 e. The van der Waals surface area contributed by atoms with Crippen molar-refractivity contribution < 1.29 is 23.9 Å². The van der Waals surface area contributed by atoms with Crippen LogP contribution in [0.25, 0.3) is 0 Å². The van der Waals surface area contributed by atoms with Gasteiger partial charge in [-0.3, -0.25) is 19.3 Å². The fourth-order valence-corrected chi connectivity index (χ4v) is 2.69. The highest BCUT2D eigenvalue weighted by atomic mass is 16.5. The van der Waals surface area contributed by atoms with Gasteiger partial charge >= 0.3 is 5.97 Å². The zero-order chi connectivity index (χ0) is 18.8. The second-order valence-electron chi connectivity index (χ2n) is 5.83. The van der Waals surface area contributed by atoms with Gasteiger partial charge in [0.05, 0.1) is 11.1 Å². The molecule has 1 aliphatic heterocycles. The highest BCUT2D eigenvalue weighted by molar-refractivity contribution is 6.22. The van der Waals surface area contributed by atoms with E-state index in [-0.39, 0.29) is 22.8 Å². The third-order valence-corrected chi connectivity index (χ3v) is 3.97. The van der Waals surface area contributed by atoms with Gasteiger partial charge < -0.3 is 10.1 Å². The molecule has 0 spiro atoms. The van der Waals surface area contributed by atoms with E-state index in [9.17, 15) is 19.2 Å². The molecule has 0 aromatic heterocycles. The van der Waals surface area contributed by atoms with Crippen LogP contribution in [0.2, 0.25) is 0 Å². The Balaban J connectivity index is 1.72. The van der Waals surface area contributed by atoms with Gasteiger partial charge in [-0.15, -0.1) is 0 Å². The lowest BCUT2D eigenvalue weighted by Gasteiger charge is -2.13. The molecule has 2 aromatic rings. The smallest absolute Gasteiger partial charge is 0.331 e. The van der Waals surface area contributed by atoms with E-state index >= 15 is 0 Å². The van der Waals surface area contributed by atoms with Crippen molar-refractivity contribution in [1.29, 1.82) is 0 Å². The predicted molar refractivity (Wildman–Crippen MR) is 92.0 cm³/mol. The lowest BCUT2D eigenvalue weighted by Crippen LogP contribution is -2.36. The molecule has 0 aliphatic carbocycles. The van der Waals surface area contributed by atoms with Crippen LogP contribution in [0.1, 0.15) is 36.6 Å². The molecule has 0 radical (unpaired) electrons. The zero-order valence-corrected chi connectivity index (χ0v) is 14.2. The summed E-state index contributed by atoms with van der Waals surface area (Å²) in [4.78, 5) is 49.3. The van der Waals surface area contributed by atoms with E-state index in [0.717, 1.165) is 10.5 Å². The number of hydrogen-bond acceptors (Lipinski definition) is 5. The maximum Gasteiger partial charge on any atom is 0.331 e. The summed E-state index contributed by atoms with van der Waals surface area (Å²) in [6, 6.07) is 11.0. The van der Waals surface area contributed by atoms with E-state index in [1.54, 1.807) is 30.3 Å². The molecule has 0 unspecified atom stereocenters. The number of hydrogen-bond donors (Lipinski definition) is 1. The van der Waals surface area contributed by atoms with Gasteiger partial charge in [0.1, 0.15) is 12.3 Å². The molecule has 7 nitrogen and oxygen atoms in total. The Morgan fingerprint density at radius 3 is 2.50 bits per heavy atom. The first kappa shape index (κ1) is 17.3. The first-order valence-corrected chi connectivity index (χ1v) is 7.90. The molecule has 132 valence electrons. The van der Waals surface area contributed by atoms with Crippen molar-refractivity contribution >= 4 is 23.7 Å². The second-order valence-corrected chi connectivity index (χ2v) is 5.83. The van der Waals surface area contributed by atoms with Gasteiger partial charge in [0, 0.05) is 12.6 Å². The highest BCUT2D eigenvalue weighted by Gasteiger charge is 2.37. The van der Waals surface area contributed by atoms with Crippen molar-refractivity contribution in [2.75, 3.05) is 13.6 Å². The number of carbonyl (C=O) groups is 4. The van der Waals surface area contributed by atoms with Crippen molar-refractivity contribution in [1.82, 2.24) is 10.2 Å². The van der Waals surface area contributed by atoms with E-state index < -0.39 is 24.3 Å². The van der Waals surface area contributed by atoms with Crippen LogP contribution < -0.4 is 10.1 Å². The summed E-state index contributed by atoms with van der Waals surface area (Å²) in [6.45, 7) is 1.31. The monoisotopic (exact) mass is 352 g/mol. The van der Waals surface area contributed by atoms with Crippen LogP contribution in [0.3, 0.4) is 0 Å². The lowest BCUT2D eigenvalue weighted by molar-refractivity contribution is -0.134. The lowest BCUT2D eigenvalue weighted by atomic mass is 10.1. The normalized spacial score (nSPS) is 12.8. The molecule has 3 rings (SSSR count). The van der Waals surface area contributed by atoms with Crippen LogP contribution >= 0.6 is 0 Å². The van der Waals surface area contributed by atoms with Gasteiger partial charge in [0.15, 0.2) is 0 Å². The van der Waals surface area contributed by atoms with Gasteiger partial charge in [-0.2, -0.15) is 0 Å². The van der Waals surface area contributed by atoms with Crippen molar-refractivity contribution in [3.8, 4) is 5.75 Å². The Morgan fingerprint density at radius 1 is 1.04 bits per heavy atom. The minimum absolute atomic E-state index is 0.156. The predicted octanol–water partition coefficient (Wildman–Crippen LogP) is 1.56. The van der Waals surface area contributed by atoms with Crippen LogP contribution in [-0.4, -0.2) is 42.2 Å². The number of ether oxygens (including phenoxy) is 1. The topological polar surface area (TPSA) is 92.8 Å². The molecule has 0 bridgehead atoms. The molecule has 1 heterocycles. The average Bonchev–Trinajstić information content (AvgIpc) is 2.85. The Labute approximate surface area is 149 Å². The summed E-state index contributed by atoms with van der Waals surface area (Å²) in [5, 5.41) is 2.47. The summed E-state index contributed by atoms with van der Waals surface area (Å²) in [5.41, 5.74) is 1.73. The molecule has 1 N–H and O–H groups in total. The maximum atomic E-state index is 12.4. The van der Waals surface area contributed by atoms with E-state index in [2.05, 4.69) is 5.32 Å². The Hall–Kier alpha value is -3.48. The van der Waals surface area contributed by atoms with Crippen molar-refractivity contribution in [2.45, 2.75) is 6.92 Å². The van der Waals surface area contributed by atoms with Crippen LogP contribution in [0.15, 0.2) is 42.5 Å². The molecule has 2 aromatic carbocycles. The number of nitrogens with zero attached hydrogens (tertiary/aromatic N) is 1. The van der Waals surface area contributed by atoms with Gasteiger partial charge in [-0.05, 0) is 37.3 Å². The third-order valence-electron chi connectivity index (χ3n) is 3.97. The molecule has 0 atom stereocenters. The number of fused-ring (bicyclic) bond motifs is 1. The SMILES string of the molecule is CNC(=O)c1cccc(OC(=O)CN2C(=O)c3ccc(C)cc3C2=O)c1. The largest absolute Gasteiger partial charge is 0.425 e. The molecule has 3 amide bonds. The number of benzene rings is 2. The van der Waals surface area contributed by atoms with Crippen LogP contribution in [0.5, 0.6) is 5.75 Å². The van der Waals surface area contributed by atoms with Gasteiger partial charge in [-0.25, -0.2) is 4.79 Å². The van der Waals surface area contributed by atoms with E-state index in [4.69, 9.17) is 4.74 Å². The molecular formula is C19H16N2O5. The minimum atomic E-state index is -0.773. The molecule has 1 aliphatic rings. The number of carbonyl (C=O) groups excluding carboxylic acids is 4. The standard InChI is InChI=1S/C19H16N2O5/c1-11-6-7-14-15(8-11)19(25)21(18(14)24)10-16(22)26-13-5-3-4-12(9-13)17(23)20-2/h3-9H,10H2,1-2H3,(H,20,23). The molecule has 0 fully saturated rings. The fourth-order valence-electron chi connectivity index (χ4n) is 2.69. The number of aryl methyl sites for hydroxylation is 1. The summed E-state index contributed by atoms with van der Waals surface area (Å²) in [7, 11) is 1.49. The third kappa shape index (κ3) is 3.19. The average molecular weight is 352 g/mol. The molecule has 26 heavy (non-hydrogen) atoms. The summed E-state index contributed by atoms with van der Waals surface area (Å²) in [5.74, 6) is -1.99. The van der Waals surface area contributed by atoms with Crippen LogP contribution in [0.4, 0.5) is 0 Å². The Morgan fingerprint density at radius 2 is 1.77 bits per heavy atom. The highest BCUT2D eigenvalue weighted by Crippen LogP contribution is 2.24. The van der Waals surface area contributed by atoms with Crippen molar-refractivity contribution in [3.63, 3.8) is 0 Å². The Bertz CT molecular complexity index is 935. The van der Waals surface area contributed by atoms with E-state index in [0.29, 0.717) is 5.56 Å². The van der Waals surface area contributed by atoms with E-state index in [1.165, 1.54) is 19.2 Å². The van der Waals surface area contributed by atoms with Crippen molar-refractivity contribution in [3.05, 3.63) is 64.7 Å². The molecule has 7 heteroatoms. The van der Waals surface area contributed by atoms with Crippen molar-refractivity contribution in [2.24, 2.45) is 0 Å². The summed E-state index contributed by atoms with van der Waals surface area (Å²) >= 11 is 0. The Kier molecular flexibility index (Phi) is 4.53. The van der Waals surface area contributed by atoms with Gasteiger partial charge in [0.25, 0.3) is 17.7 Å². The fraction of sp³-hybridized carbons (Fsp3) is 0.158. The molecular weight excluding hydrogens is 336 g/mol. The first-order chi connectivity index (χ1) is 12.4. The van der Waals surface area contributed by atoms with E-state index in [1.807, 2.05) is 6.92 Å². The number of esters is 1. The number of nitrogens with one attached hydrogen (secondary N) is 1. The second kappa shape index (κ2) is 6.79. The molecule has 0 saturated heterocycles. The number of amides is 3. The van der Waals surface area contributed by atoms with Gasteiger partial charge in [0.2, 0.25) is 0 Å². The zero-order valence-electron chi connectivity index (χ0n) is 14.2. The number of imide groups is 1. The maximum absolute atomic E-state index is 12.4. The van der Waals surface area contributed by atoms with Crippen LogP contribution in [-0.2, 0) is 4.79 Å².